The van der Waals surface area contributed by atoms with E-state index in [0.717, 1.165) is 70.6 Å². The number of rotatable bonds is 58. The van der Waals surface area contributed by atoms with Gasteiger partial charge in [-0.15, -0.1) is 0 Å². The number of unbranched alkanes of at least 4 members (excludes halogenated alkanes) is 40. The Morgan fingerprint density at radius 2 is 0.606 bits per heavy atom. The van der Waals surface area contributed by atoms with Crippen molar-refractivity contribution in [3.8, 4) is 0 Å². The largest absolute Gasteiger partial charge is 0.462 e. The van der Waals surface area contributed by atoms with Gasteiger partial charge in [0.1, 0.15) is 6.61 Å². The normalized spacial score (nSPS) is 12.5. The lowest BCUT2D eigenvalue weighted by molar-refractivity contribution is -0.161. The van der Waals surface area contributed by atoms with Crippen molar-refractivity contribution in [2.45, 2.75) is 335 Å². The molecule has 0 heterocycles. The third kappa shape index (κ3) is 60.1. The Kier molecular flexibility index (Phi) is 59.8. The minimum absolute atomic E-state index is 0.0660. The number of esters is 2. The monoisotopic (exact) mass is 993 g/mol. The Bertz CT molecular complexity index is 1210. The van der Waals surface area contributed by atoms with Crippen LogP contribution in [0.25, 0.3) is 0 Å². The molecule has 1 atom stereocenters. The number of aliphatic hydroxyl groups excluding tert-OH is 1. The Labute approximate surface area is 442 Å². The summed E-state index contributed by atoms with van der Waals surface area (Å²) in [5, 5.41) is 9.65. The fourth-order valence-electron chi connectivity index (χ4n) is 9.37. The van der Waals surface area contributed by atoms with Gasteiger partial charge >= 0.3 is 11.9 Å². The average molecular weight is 994 g/mol. The fourth-order valence-corrected chi connectivity index (χ4v) is 9.37. The van der Waals surface area contributed by atoms with Crippen LogP contribution in [0.3, 0.4) is 0 Å². The summed E-state index contributed by atoms with van der Waals surface area (Å²) >= 11 is 0. The summed E-state index contributed by atoms with van der Waals surface area (Å²) < 4.78 is 10.7. The molecule has 1 unspecified atom stereocenters. The van der Waals surface area contributed by atoms with E-state index < -0.39 is 6.10 Å². The number of aliphatic hydroxyl groups is 1. The zero-order valence-corrected chi connectivity index (χ0v) is 47.5. The fraction of sp³-hybridized carbons (Fsp3) is 0.818. The second-order valence-electron chi connectivity index (χ2n) is 21.1. The predicted octanol–water partition coefficient (Wildman–Crippen LogP) is 21.4. The molecule has 0 saturated heterocycles. The first-order chi connectivity index (χ1) is 35.1. The van der Waals surface area contributed by atoms with Crippen molar-refractivity contribution in [2.75, 3.05) is 13.2 Å². The quantitative estimate of drug-likeness (QED) is 0.0373. The summed E-state index contributed by atoms with van der Waals surface area (Å²) in [4.78, 5) is 24.5. The molecule has 0 rings (SSSR count). The van der Waals surface area contributed by atoms with Gasteiger partial charge in [0.05, 0.1) is 6.61 Å². The average Bonchev–Trinajstić information content (AvgIpc) is 3.37. The van der Waals surface area contributed by atoms with E-state index in [1.165, 1.54) is 231 Å². The van der Waals surface area contributed by atoms with Gasteiger partial charge in [-0.05, 0) is 77.0 Å². The van der Waals surface area contributed by atoms with Gasteiger partial charge in [0.25, 0.3) is 0 Å². The smallest absolute Gasteiger partial charge is 0.306 e. The van der Waals surface area contributed by atoms with Crippen LogP contribution in [-0.2, 0) is 19.1 Å². The highest BCUT2D eigenvalue weighted by Gasteiger charge is 2.16. The maximum absolute atomic E-state index is 12.3. The van der Waals surface area contributed by atoms with Gasteiger partial charge in [-0.2, -0.15) is 0 Å². The number of allylic oxidation sites excluding steroid dienone is 10. The van der Waals surface area contributed by atoms with E-state index >= 15 is 0 Å². The lowest BCUT2D eigenvalue weighted by Crippen LogP contribution is -2.28. The van der Waals surface area contributed by atoms with E-state index in [1.807, 2.05) is 0 Å². The van der Waals surface area contributed by atoms with E-state index in [4.69, 9.17) is 9.47 Å². The second kappa shape index (κ2) is 61.9. The predicted molar refractivity (Wildman–Crippen MR) is 311 cm³/mol. The summed E-state index contributed by atoms with van der Waals surface area (Å²) in [5.74, 6) is -0.584. The lowest BCUT2D eigenvalue weighted by atomic mass is 10.0. The molecule has 71 heavy (non-hydrogen) atoms. The van der Waals surface area contributed by atoms with E-state index in [2.05, 4.69) is 74.6 Å². The highest BCUT2D eigenvalue weighted by molar-refractivity contribution is 5.70. The summed E-state index contributed by atoms with van der Waals surface area (Å²) in [6.07, 6.45) is 83.9. The number of ether oxygens (including phenoxy) is 2. The van der Waals surface area contributed by atoms with Crippen LogP contribution >= 0.6 is 0 Å². The molecule has 0 aromatic rings. The lowest BCUT2D eigenvalue weighted by Gasteiger charge is -2.15. The van der Waals surface area contributed by atoms with Gasteiger partial charge in [-0.25, -0.2) is 0 Å². The minimum atomic E-state index is -0.773. The second-order valence-corrected chi connectivity index (χ2v) is 21.1. The minimum Gasteiger partial charge on any atom is -0.462 e. The van der Waals surface area contributed by atoms with Crippen LogP contribution in [0.2, 0.25) is 0 Å². The van der Waals surface area contributed by atoms with Crippen molar-refractivity contribution < 1.29 is 24.2 Å². The highest BCUT2D eigenvalue weighted by Crippen LogP contribution is 2.18. The SMILES string of the molecule is CC/C=C\C/C=C\C/C=C\C/C=C\CCCCCCCCCCCCCCCCCCCCCCCCCCCCCCC(=O)OC(CO)COC(=O)CCCCCCC/C=C\CCCCCCCCC. The van der Waals surface area contributed by atoms with Crippen molar-refractivity contribution in [1.29, 1.82) is 0 Å². The van der Waals surface area contributed by atoms with Crippen LogP contribution in [-0.4, -0.2) is 36.4 Å². The molecule has 0 fully saturated rings. The summed E-state index contributed by atoms with van der Waals surface area (Å²) in [5.41, 5.74) is 0. The molecule has 0 saturated carbocycles. The number of carbonyl (C=O) groups excluding carboxylic acids is 2. The van der Waals surface area contributed by atoms with E-state index in [1.54, 1.807) is 0 Å². The van der Waals surface area contributed by atoms with E-state index in [0.29, 0.717) is 12.8 Å². The van der Waals surface area contributed by atoms with Gasteiger partial charge in [0.2, 0.25) is 0 Å². The summed E-state index contributed by atoms with van der Waals surface area (Å²) in [6.45, 7) is 4.05. The summed E-state index contributed by atoms with van der Waals surface area (Å²) in [7, 11) is 0. The zero-order chi connectivity index (χ0) is 51.3. The molecular formula is C66H120O5. The zero-order valence-electron chi connectivity index (χ0n) is 47.5. The van der Waals surface area contributed by atoms with Gasteiger partial charge in [0.15, 0.2) is 6.10 Å². The Hall–Kier alpha value is -2.40. The Morgan fingerprint density at radius 3 is 0.930 bits per heavy atom. The number of carbonyl (C=O) groups is 2. The van der Waals surface area contributed by atoms with Crippen LogP contribution in [0.4, 0.5) is 0 Å². The number of hydrogen-bond acceptors (Lipinski definition) is 5. The molecule has 0 aromatic heterocycles. The molecule has 5 heteroatoms. The molecular weight excluding hydrogens is 873 g/mol. The van der Waals surface area contributed by atoms with Gasteiger partial charge in [0, 0.05) is 12.8 Å². The Morgan fingerprint density at radius 1 is 0.338 bits per heavy atom. The Balaban J connectivity index is 3.37. The molecule has 0 amide bonds. The maximum Gasteiger partial charge on any atom is 0.306 e. The first-order valence-corrected chi connectivity index (χ1v) is 31.3. The van der Waals surface area contributed by atoms with Crippen LogP contribution in [0.15, 0.2) is 60.8 Å². The molecule has 1 N–H and O–H groups in total. The van der Waals surface area contributed by atoms with Crippen molar-refractivity contribution in [3.63, 3.8) is 0 Å². The molecule has 0 aliphatic heterocycles. The van der Waals surface area contributed by atoms with E-state index in [9.17, 15) is 14.7 Å². The van der Waals surface area contributed by atoms with Crippen LogP contribution < -0.4 is 0 Å². The maximum atomic E-state index is 12.3. The molecule has 0 spiro atoms. The molecule has 0 radical (unpaired) electrons. The van der Waals surface area contributed by atoms with Gasteiger partial charge in [-0.1, -0.05) is 299 Å². The standard InChI is InChI=1S/C66H120O5/c1-3-5-7-9-11-13-15-17-19-21-22-23-24-25-26-27-28-29-30-31-32-33-34-35-36-37-38-39-40-41-42-43-44-45-47-49-51-53-55-57-59-61-66(69)71-64(62-67)63-70-65(68)60-58-56-54-52-50-48-46-20-18-16-14-12-10-8-6-4-2/h5,7,11,13,17,19-20,22-23,46,64,67H,3-4,6,8-10,12,14-16,18,21,24-45,47-63H2,1-2H3/b7-5-,13-11-,19-17-,23-22-,46-20-. The van der Waals surface area contributed by atoms with Gasteiger partial charge in [-0.3, -0.25) is 9.59 Å². The molecule has 0 aliphatic carbocycles. The van der Waals surface area contributed by atoms with Crippen molar-refractivity contribution in [3.05, 3.63) is 60.8 Å². The van der Waals surface area contributed by atoms with Crippen LogP contribution in [0.1, 0.15) is 328 Å². The third-order valence-corrected chi connectivity index (χ3v) is 14.0. The van der Waals surface area contributed by atoms with Crippen LogP contribution in [0, 0.1) is 0 Å². The third-order valence-electron chi connectivity index (χ3n) is 14.0. The molecule has 0 bridgehead atoms. The molecule has 0 aliphatic rings. The van der Waals surface area contributed by atoms with Crippen molar-refractivity contribution >= 4 is 11.9 Å². The molecule has 0 aromatic carbocycles. The first-order valence-electron chi connectivity index (χ1n) is 31.3. The van der Waals surface area contributed by atoms with Crippen molar-refractivity contribution in [1.82, 2.24) is 0 Å². The number of hydrogen-bond donors (Lipinski definition) is 1. The van der Waals surface area contributed by atoms with Crippen molar-refractivity contribution in [2.24, 2.45) is 0 Å². The van der Waals surface area contributed by atoms with Gasteiger partial charge < -0.3 is 14.6 Å². The van der Waals surface area contributed by atoms with Crippen LogP contribution in [0.5, 0.6) is 0 Å². The summed E-state index contributed by atoms with van der Waals surface area (Å²) in [6, 6.07) is 0. The molecule has 5 nitrogen and oxygen atoms in total. The molecule has 414 valence electrons. The first kappa shape index (κ1) is 68.6. The topological polar surface area (TPSA) is 72.8 Å². The highest BCUT2D eigenvalue weighted by atomic mass is 16.6. The van der Waals surface area contributed by atoms with E-state index in [-0.39, 0.29) is 25.2 Å².